The molecule has 8 nitrogen and oxygen atoms in total. The maximum atomic E-state index is 15.9. The van der Waals surface area contributed by atoms with Gasteiger partial charge in [0.15, 0.2) is 0 Å². The van der Waals surface area contributed by atoms with Crippen molar-refractivity contribution in [2.24, 2.45) is 5.41 Å². The van der Waals surface area contributed by atoms with Crippen LogP contribution in [0.2, 0.25) is 10.0 Å². The van der Waals surface area contributed by atoms with Gasteiger partial charge in [-0.3, -0.25) is 14.5 Å². The molecule has 2 aromatic rings. The third-order valence-corrected chi connectivity index (χ3v) is 9.14. The molecule has 4 rings (SSSR count). The van der Waals surface area contributed by atoms with Crippen molar-refractivity contribution in [1.29, 1.82) is 5.26 Å². The first-order valence-electron chi connectivity index (χ1n) is 15.2. The van der Waals surface area contributed by atoms with Gasteiger partial charge in [0.1, 0.15) is 17.0 Å². The van der Waals surface area contributed by atoms with Gasteiger partial charge >= 0.3 is 0 Å². The molecule has 45 heavy (non-hydrogen) atoms. The molecule has 0 aliphatic carbocycles. The topological polar surface area (TPSA) is 97.7 Å². The van der Waals surface area contributed by atoms with Crippen LogP contribution in [0.3, 0.4) is 0 Å². The van der Waals surface area contributed by atoms with Crippen molar-refractivity contribution in [1.82, 2.24) is 20.4 Å². The van der Waals surface area contributed by atoms with Crippen molar-refractivity contribution >= 4 is 35.0 Å². The minimum absolute atomic E-state index is 0.0390. The molecule has 12 heteroatoms. The molecule has 2 fully saturated rings. The van der Waals surface area contributed by atoms with Crippen LogP contribution in [0.25, 0.3) is 0 Å². The Morgan fingerprint density at radius 3 is 2.49 bits per heavy atom. The van der Waals surface area contributed by atoms with Crippen molar-refractivity contribution in [3.63, 3.8) is 0 Å². The van der Waals surface area contributed by atoms with Crippen molar-refractivity contribution in [2.75, 3.05) is 53.0 Å². The predicted molar refractivity (Wildman–Crippen MR) is 170 cm³/mol. The number of hydrogen-bond donors (Lipinski definition) is 2. The fraction of sp³-hybridized carbons (Fsp3) is 0.545. The fourth-order valence-electron chi connectivity index (χ4n) is 6.57. The van der Waals surface area contributed by atoms with Crippen LogP contribution in [0.15, 0.2) is 36.4 Å². The van der Waals surface area contributed by atoms with Gasteiger partial charge in [-0.1, -0.05) is 62.2 Å². The second kappa shape index (κ2) is 14.7. The number of amides is 2. The van der Waals surface area contributed by atoms with Gasteiger partial charge in [0.25, 0.3) is 0 Å². The number of nitriles is 1. The van der Waals surface area contributed by atoms with Crippen LogP contribution >= 0.6 is 23.2 Å². The molecular weight excluding hydrogens is 623 g/mol. The van der Waals surface area contributed by atoms with Crippen LogP contribution < -0.4 is 10.6 Å². The molecule has 2 saturated heterocycles. The number of methoxy groups -OCH3 is 1. The number of carbonyl (C=O) groups excluding carboxylic acids is 2. The number of nitrogens with one attached hydrogen (secondary N) is 2. The van der Waals surface area contributed by atoms with Crippen molar-refractivity contribution in [3.8, 4) is 6.07 Å². The Balaban J connectivity index is 1.69. The second-order valence-electron chi connectivity index (χ2n) is 13.0. The van der Waals surface area contributed by atoms with Crippen LogP contribution in [0.5, 0.6) is 0 Å². The smallest absolute Gasteiger partial charge is 0.240 e. The molecule has 0 aromatic heterocycles. The third-order valence-electron chi connectivity index (χ3n) is 8.61. The van der Waals surface area contributed by atoms with Gasteiger partial charge in [-0.15, -0.1) is 0 Å². The summed E-state index contributed by atoms with van der Waals surface area (Å²) in [5.74, 6) is -3.01. The quantitative estimate of drug-likeness (QED) is 0.352. The van der Waals surface area contributed by atoms with Crippen LogP contribution in [0, 0.1) is 28.4 Å². The van der Waals surface area contributed by atoms with Gasteiger partial charge in [0, 0.05) is 69.0 Å². The van der Waals surface area contributed by atoms with Gasteiger partial charge in [0.2, 0.25) is 11.8 Å². The second-order valence-corrected chi connectivity index (χ2v) is 13.8. The van der Waals surface area contributed by atoms with E-state index in [2.05, 4.69) is 16.7 Å². The summed E-state index contributed by atoms with van der Waals surface area (Å²) in [5.41, 5.74) is -1.92. The summed E-state index contributed by atoms with van der Waals surface area (Å²) >= 11 is 12.3. The Labute approximate surface area is 274 Å². The number of piperazine rings is 1. The van der Waals surface area contributed by atoms with E-state index in [0.717, 1.165) is 6.07 Å². The van der Waals surface area contributed by atoms with Crippen molar-refractivity contribution < 1.29 is 23.1 Å². The lowest BCUT2D eigenvalue weighted by Gasteiger charge is -2.38. The molecule has 2 aromatic carbocycles. The zero-order valence-corrected chi connectivity index (χ0v) is 27.7. The zero-order chi connectivity index (χ0) is 32.9. The summed E-state index contributed by atoms with van der Waals surface area (Å²) in [7, 11) is 1.61. The van der Waals surface area contributed by atoms with E-state index in [9.17, 15) is 14.9 Å². The number of carbonyl (C=O) groups is 2. The summed E-state index contributed by atoms with van der Waals surface area (Å²) in [6.07, 6.45) is 1.10. The number of nitrogens with zero attached hydrogens (tertiary/aromatic N) is 3. The lowest BCUT2D eigenvalue weighted by Crippen LogP contribution is -2.55. The lowest BCUT2D eigenvalue weighted by molar-refractivity contribution is -0.135. The summed E-state index contributed by atoms with van der Waals surface area (Å²) in [6.45, 7) is 8.84. The molecule has 4 atom stereocenters. The monoisotopic (exact) mass is 663 g/mol. The lowest BCUT2D eigenvalue weighted by atomic mass is 9.62. The highest BCUT2D eigenvalue weighted by Gasteiger charge is 2.61. The van der Waals surface area contributed by atoms with E-state index >= 15 is 8.78 Å². The molecule has 2 N–H and O–H groups in total. The van der Waals surface area contributed by atoms with Gasteiger partial charge in [0.05, 0.1) is 23.7 Å². The molecule has 2 aliphatic rings. The van der Waals surface area contributed by atoms with Gasteiger partial charge in [-0.05, 0) is 42.0 Å². The predicted octanol–water partition coefficient (Wildman–Crippen LogP) is 4.89. The molecular formula is C33H41Cl2F2N5O3. The number of hydrogen-bond acceptors (Lipinski definition) is 6. The van der Waals surface area contributed by atoms with Crippen molar-refractivity contribution in [2.45, 2.75) is 57.0 Å². The standard InChI is InChI=1S/C33H41Cl2F2N5O3/c1-32(2,3)18-26-33(20-38,23-10-9-21(34)17-25(23)36)28(22-7-5-8-24(35)29(22)37)30(40-26)31(44)42-14-12-41(13-15-42)19-27(43)39-11-6-16-45-4/h5,7-10,17,26,28,30,40H,6,11-16,18-19H2,1-4H3,(H,39,43)/t26-,28-,30+,33-/m0/s1. The molecule has 0 unspecified atom stereocenters. The molecule has 0 spiro atoms. The number of rotatable bonds is 10. The number of benzene rings is 2. The molecule has 0 saturated carbocycles. The van der Waals surface area contributed by atoms with E-state index in [4.69, 9.17) is 27.9 Å². The van der Waals surface area contributed by atoms with Crippen LogP contribution in [-0.4, -0.2) is 86.7 Å². The average Bonchev–Trinajstić information content (AvgIpc) is 3.29. The Hall–Kier alpha value is -2.81. The van der Waals surface area contributed by atoms with Crippen molar-refractivity contribution in [3.05, 3.63) is 69.2 Å². The zero-order valence-electron chi connectivity index (χ0n) is 26.1. The highest BCUT2D eigenvalue weighted by Crippen LogP contribution is 2.53. The van der Waals surface area contributed by atoms with Gasteiger partial charge in [-0.2, -0.15) is 5.26 Å². The molecule has 2 heterocycles. The van der Waals surface area contributed by atoms with Crippen LogP contribution in [-0.2, 0) is 19.7 Å². The first kappa shape index (κ1) is 35.1. The normalized spacial score (nSPS) is 24.0. The fourth-order valence-corrected chi connectivity index (χ4v) is 6.91. The van der Waals surface area contributed by atoms with E-state index in [1.54, 1.807) is 18.1 Å². The van der Waals surface area contributed by atoms with Crippen LogP contribution in [0.1, 0.15) is 50.7 Å². The van der Waals surface area contributed by atoms with Gasteiger partial charge < -0.3 is 20.3 Å². The number of ether oxygens (including phenoxy) is 1. The highest BCUT2D eigenvalue weighted by molar-refractivity contribution is 6.31. The highest BCUT2D eigenvalue weighted by atomic mass is 35.5. The largest absolute Gasteiger partial charge is 0.385 e. The van der Waals surface area contributed by atoms with E-state index in [1.807, 2.05) is 25.7 Å². The van der Waals surface area contributed by atoms with Gasteiger partial charge in [-0.25, -0.2) is 8.78 Å². The maximum absolute atomic E-state index is 15.9. The Bertz CT molecular complexity index is 1420. The first-order valence-corrected chi connectivity index (χ1v) is 15.9. The Kier molecular flexibility index (Phi) is 11.5. The van der Waals surface area contributed by atoms with E-state index < -0.39 is 35.1 Å². The summed E-state index contributed by atoms with van der Waals surface area (Å²) in [4.78, 5) is 30.4. The number of halogens is 4. The van der Waals surface area contributed by atoms with Crippen LogP contribution in [0.4, 0.5) is 8.78 Å². The molecule has 244 valence electrons. The molecule has 0 radical (unpaired) electrons. The van der Waals surface area contributed by atoms with E-state index in [1.165, 1.54) is 24.3 Å². The molecule has 2 amide bonds. The third kappa shape index (κ3) is 7.78. The average molecular weight is 665 g/mol. The summed E-state index contributed by atoms with van der Waals surface area (Å²) < 4.78 is 36.7. The van der Waals surface area contributed by atoms with E-state index in [-0.39, 0.29) is 44.9 Å². The minimum atomic E-state index is -1.68. The maximum Gasteiger partial charge on any atom is 0.240 e. The van der Waals surface area contributed by atoms with E-state index in [0.29, 0.717) is 52.2 Å². The minimum Gasteiger partial charge on any atom is -0.385 e. The Morgan fingerprint density at radius 1 is 1.16 bits per heavy atom. The molecule has 0 bridgehead atoms. The summed E-state index contributed by atoms with van der Waals surface area (Å²) in [5, 5.41) is 17.3. The Morgan fingerprint density at radius 2 is 1.87 bits per heavy atom. The molecule has 2 aliphatic heterocycles. The summed E-state index contributed by atoms with van der Waals surface area (Å²) in [6, 6.07) is 9.17. The first-order chi connectivity index (χ1) is 21.3. The SMILES string of the molecule is COCCCNC(=O)CN1CCN(C(=O)[C@@H]2N[C@@H](CC(C)(C)C)[C@](C#N)(c3ccc(Cl)cc3F)[C@H]2c2cccc(Cl)c2F)CC1.